The van der Waals surface area contributed by atoms with Crippen molar-refractivity contribution < 1.29 is 89.4 Å². The van der Waals surface area contributed by atoms with Gasteiger partial charge in [-0.3, -0.25) is 4.79 Å². The van der Waals surface area contributed by atoms with Gasteiger partial charge in [0.1, 0.15) is 73.2 Å². The number of aliphatic hydroxyl groups is 11. The summed E-state index contributed by atoms with van der Waals surface area (Å²) in [5.74, 6) is -0.294. The number of rotatable bonds is 28. The summed E-state index contributed by atoms with van der Waals surface area (Å²) < 4.78 is 33.8. The number of carbonyl (C=O) groups excluding carboxylic acids is 1. The second-order valence-electron chi connectivity index (χ2n) is 16.2. The molecule has 17 atom stereocenters. The smallest absolute Gasteiger partial charge is 0.220 e. The van der Waals surface area contributed by atoms with Crippen molar-refractivity contribution in [2.24, 2.45) is 0 Å². The van der Waals surface area contributed by atoms with E-state index in [2.05, 4.69) is 19.2 Å². The van der Waals surface area contributed by atoms with Crippen LogP contribution >= 0.6 is 0 Å². The molecule has 60 heavy (non-hydrogen) atoms. The molecule has 0 aliphatic carbocycles. The van der Waals surface area contributed by atoms with Crippen molar-refractivity contribution >= 4 is 5.91 Å². The van der Waals surface area contributed by atoms with Crippen LogP contribution in [0.5, 0.6) is 0 Å². The van der Waals surface area contributed by atoms with Crippen molar-refractivity contribution in [3.05, 3.63) is 12.2 Å². The van der Waals surface area contributed by atoms with Crippen molar-refractivity contribution in [3.63, 3.8) is 0 Å². The van der Waals surface area contributed by atoms with E-state index in [-0.39, 0.29) is 18.9 Å². The Labute approximate surface area is 353 Å². The molecular weight excluding hydrogens is 794 g/mol. The standard InChI is InChI=1S/C41H75NO18/c1-3-5-7-9-10-11-12-13-15-16-18-25(46)24(42-29(47)19-17-14-8-6-4-2)23-55-39-35(53)32(50)37(27(21-44)57-39)60-41-36(54)33(51)38(28(22-45)58-41)59-40-34(52)31(49)30(48)26(20-43)56-40/h16,18,24-28,30-41,43-46,48-54H,3-15,17,19-23H2,1-2H3,(H,42,47)/b18-16+. The Hall–Kier alpha value is -1.47. The molecule has 12 N–H and O–H groups in total. The first kappa shape index (κ1) is 52.9. The number of ether oxygens (including phenoxy) is 6. The van der Waals surface area contributed by atoms with E-state index in [1.165, 1.54) is 32.1 Å². The van der Waals surface area contributed by atoms with Crippen LogP contribution in [0.25, 0.3) is 0 Å². The molecule has 0 saturated carbocycles. The van der Waals surface area contributed by atoms with Gasteiger partial charge in [0, 0.05) is 6.42 Å². The Morgan fingerprint density at radius 1 is 0.583 bits per heavy atom. The molecule has 0 bridgehead atoms. The highest BCUT2D eigenvalue weighted by Gasteiger charge is 2.53. The number of nitrogens with one attached hydrogen (secondary N) is 1. The summed E-state index contributed by atoms with van der Waals surface area (Å²) in [7, 11) is 0. The highest BCUT2D eigenvalue weighted by Crippen LogP contribution is 2.33. The first-order valence-electron chi connectivity index (χ1n) is 21.9. The van der Waals surface area contributed by atoms with Crippen LogP contribution in [0.15, 0.2) is 12.2 Å². The Balaban J connectivity index is 1.62. The van der Waals surface area contributed by atoms with Crippen LogP contribution in [0.4, 0.5) is 0 Å². The van der Waals surface area contributed by atoms with Gasteiger partial charge in [-0.15, -0.1) is 0 Å². The number of amides is 1. The average molecular weight is 870 g/mol. The fourth-order valence-corrected chi connectivity index (χ4v) is 7.54. The first-order chi connectivity index (χ1) is 28.8. The van der Waals surface area contributed by atoms with E-state index >= 15 is 0 Å². The highest BCUT2D eigenvalue weighted by atomic mass is 16.8. The molecule has 19 heteroatoms. The van der Waals surface area contributed by atoms with Gasteiger partial charge in [0.25, 0.3) is 0 Å². The molecule has 3 fully saturated rings. The molecule has 0 aromatic rings. The molecule has 0 aromatic heterocycles. The van der Waals surface area contributed by atoms with Crippen LogP contribution in [-0.2, 0) is 33.2 Å². The largest absolute Gasteiger partial charge is 0.394 e. The van der Waals surface area contributed by atoms with Gasteiger partial charge in [0.05, 0.1) is 38.6 Å². The monoisotopic (exact) mass is 869 g/mol. The number of allylic oxidation sites excluding steroid dienone is 1. The summed E-state index contributed by atoms with van der Waals surface area (Å²) in [5.41, 5.74) is 0. The van der Waals surface area contributed by atoms with E-state index in [4.69, 9.17) is 28.4 Å². The molecule has 352 valence electrons. The van der Waals surface area contributed by atoms with Crippen LogP contribution in [-0.4, -0.2) is 193 Å². The molecule has 0 aromatic carbocycles. The Morgan fingerprint density at radius 2 is 1.03 bits per heavy atom. The summed E-state index contributed by atoms with van der Waals surface area (Å²) in [4.78, 5) is 12.9. The molecule has 0 spiro atoms. The van der Waals surface area contributed by atoms with Gasteiger partial charge in [-0.1, -0.05) is 96.6 Å². The maximum atomic E-state index is 12.9. The zero-order chi connectivity index (χ0) is 44.2. The fraction of sp³-hybridized carbons (Fsp3) is 0.927. The van der Waals surface area contributed by atoms with Gasteiger partial charge in [-0.25, -0.2) is 0 Å². The topological polar surface area (TPSA) is 307 Å². The first-order valence-corrected chi connectivity index (χ1v) is 21.9. The van der Waals surface area contributed by atoms with Gasteiger partial charge in [-0.05, 0) is 19.3 Å². The fourth-order valence-electron chi connectivity index (χ4n) is 7.54. The molecule has 3 heterocycles. The predicted molar refractivity (Wildman–Crippen MR) is 213 cm³/mol. The number of carbonyl (C=O) groups is 1. The van der Waals surface area contributed by atoms with Gasteiger partial charge in [0.2, 0.25) is 5.91 Å². The normalized spacial score (nSPS) is 36.0. The SMILES string of the molecule is CCCCCCCCCC/C=C/C(O)C(COC1OC(CO)C(OC2OC(CO)C(OC3OC(CO)C(O)C(O)C3O)C(O)C2O)C(O)C1O)NC(=O)CCCCCCC. The van der Waals surface area contributed by atoms with E-state index in [1.807, 2.05) is 6.08 Å². The highest BCUT2D eigenvalue weighted by molar-refractivity contribution is 5.76. The van der Waals surface area contributed by atoms with Crippen LogP contribution < -0.4 is 5.32 Å². The van der Waals surface area contributed by atoms with Crippen molar-refractivity contribution in [3.8, 4) is 0 Å². The van der Waals surface area contributed by atoms with E-state index < -0.39 is 124 Å². The van der Waals surface area contributed by atoms with Crippen molar-refractivity contribution in [1.82, 2.24) is 5.32 Å². The lowest BCUT2D eigenvalue weighted by molar-refractivity contribution is -0.379. The maximum absolute atomic E-state index is 12.9. The van der Waals surface area contributed by atoms with Gasteiger partial charge < -0.3 is 89.9 Å². The van der Waals surface area contributed by atoms with Crippen molar-refractivity contribution in [1.29, 1.82) is 0 Å². The van der Waals surface area contributed by atoms with E-state index in [0.29, 0.717) is 6.42 Å². The second-order valence-corrected chi connectivity index (χ2v) is 16.2. The van der Waals surface area contributed by atoms with Crippen LogP contribution in [0.1, 0.15) is 110 Å². The van der Waals surface area contributed by atoms with Crippen LogP contribution in [0.2, 0.25) is 0 Å². The Kier molecular flexibility index (Phi) is 25.0. The molecule has 1 amide bonds. The van der Waals surface area contributed by atoms with Crippen molar-refractivity contribution in [2.45, 2.75) is 214 Å². The van der Waals surface area contributed by atoms with Gasteiger partial charge in [-0.2, -0.15) is 0 Å². The number of hydrogen-bond acceptors (Lipinski definition) is 18. The van der Waals surface area contributed by atoms with Crippen molar-refractivity contribution in [2.75, 3.05) is 26.4 Å². The van der Waals surface area contributed by atoms with E-state index in [0.717, 1.165) is 51.4 Å². The summed E-state index contributed by atoms with van der Waals surface area (Å²) in [6.07, 6.45) is -8.33. The lowest BCUT2D eigenvalue weighted by Crippen LogP contribution is -2.66. The minimum absolute atomic E-state index is 0.239. The predicted octanol–water partition coefficient (Wildman–Crippen LogP) is -1.26. The third-order valence-corrected chi connectivity index (χ3v) is 11.3. The number of hydrogen-bond donors (Lipinski definition) is 12. The lowest BCUT2D eigenvalue weighted by atomic mass is 9.96. The minimum atomic E-state index is -1.97. The zero-order valence-electron chi connectivity index (χ0n) is 35.2. The quantitative estimate of drug-likeness (QED) is 0.0323. The summed E-state index contributed by atoms with van der Waals surface area (Å²) in [6, 6.07) is -0.960. The van der Waals surface area contributed by atoms with E-state index in [1.54, 1.807) is 6.08 Å². The summed E-state index contributed by atoms with van der Waals surface area (Å²) in [6.45, 7) is 1.52. The minimum Gasteiger partial charge on any atom is -0.394 e. The summed E-state index contributed by atoms with van der Waals surface area (Å²) >= 11 is 0. The third-order valence-electron chi connectivity index (χ3n) is 11.3. The van der Waals surface area contributed by atoms with Crippen LogP contribution in [0, 0.1) is 0 Å². The molecule has 3 aliphatic heterocycles. The number of aliphatic hydroxyl groups excluding tert-OH is 11. The average Bonchev–Trinajstić information content (AvgIpc) is 3.24. The number of unbranched alkanes of at least 4 members (excludes halogenated alkanes) is 12. The molecule has 17 unspecified atom stereocenters. The Morgan fingerprint density at radius 3 is 1.57 bits per heavy atom. The Bertz CT molecular complexity index is 1180. The molecule has 0 radical (unpaired) electrons. The third kappa shape index (κ3) is 16.0. The van der Waals surface area contributed by atoms with Gasteiger partial charge >= 0.3 is 0 Å². The second kappa shape index (κ2) is 28.3. The molecule has 3 aliphatic rings. The summed E-state index contributed by atoms with van der Waals surface area (Å²) in [5, 5.41) is 119. The maximum Gasteiger partial charge on any atom is 0.220 e. The van der Waals surface area contributed by atoms with Crippen LogP contribution in [0.3, 0.4) is 0 Å². The zero-order valence-corrected chi connectivity index (χ0v) is 35.2. The van der Waals surface area contributed by atoms with E-state index in [9.17, 15) is 61.0 Å². The molecule has 3 saturated heterocycles. The lowest BCUT2D eigenvalue weighted by Gasteiger charge is -2.48. The molecule has 3 rings (SSSR count). The van der Waals surface area contributed by atoms with Gasteiger partial charge in [0.15, 0.2) is 18.9 Å². The molecule has 19 nitrogen and oxygen atoms in total. The molecular formula is C41H75NO18.